The summed E-state index contributed by atoms with van der Waals surface area (Å²) < 4.78 is 5.14. The number of fused-ring (bicyclic) bond motifs is 1. The summed E-state index contributed by atoms with van der Waals surface area (Å²) in [6.07, 6.45) is 3.55. The van der Waals surface area contributed by atoms with Gasteiger partial charge in [-0.15, -0.1) is 0 Å². The van der Waals surface area contributed by atoms with Gasteiger partial charge in [-0.05, 0) is 49.1 Å². The zero-order valence-corrected chi connectivity index (χ0v) is 19.5. The number of hydrogen-bond acceptors (Lipinski definition) is 3. The summed E-state index contributed by atoms with van der Waals surface area (Å²) in [6, 6.07) is 13.6. The Kier molecular flexibility index (Phi) is 7.07. The average Bonchev–Trinajstić information content (AvgIpc) is 3.23. The summed E-state index contributed by atoms with van der Waals surface area (Å²) in [5.74, 6) is -0.393. The number of hydrogen-bond donors (Lipinski definition) is 1. The number of nitrogens with zero attached hydrogens (tertiary/aromatic N) is 1. The molecule has 1 aliphatic rings. The van der Waals surface area contributed by atoms with E-state index in [9.17, 15) is 9.59 Å². The van der Waals surface area contributed by atoms with Crippen LogP contribution in [0.1, 0.15) is 43.2 Å². The van der Waals surface area contributed by atoms with Crippen LogP contribution in [-0.2, 0) is 14.3 Å². The summed E-state index contributed by atoms with van der Waals surface area (Å²) in [6.45, 7) is 3.31. The standard InChI is InChI=1S/C25H26Cl2N2O3/c1-2-32-25(31)16-9-11-29(12-10-16)24(30)14-19(17-7-8-21(26)22(27)13-17)20-15-28-23-6-4-3-5-18(20)23/h3-8,13,15-16,19,28H,2,9-12,14H2,1H3. The van der Waals surface area contributed by atoms with Crippen LogP contribution in [0.2, 0.25) is 10.0 Å². The lowest BCUT2D eigenvalue weighted by molar-refractivity contribution is -0.151. The van der Waals surface area contributed by atoms with E-state index in [0.29, 0.717) is 49.0 Å². The number of nitrogens with one attached hydrogen (secondary N) is 1. The molecule has 0 bridgehead atoms. The molecule has 1 saturated heterocycles. The van der Waals surface area contributed by atoms with Crippen LogP contribution in [0, 0.1) is 5.92 Å². The van der Waals surface area contributed by atoms with Gasteiger partial charge in [0.2, 0.25) is 5.91 Å². The number of carbonyl (C=O) groups is 2. The molecule has 0 aliphatic carbocycles. The predicted molar refractivity (Wildman–Crippen MR) is 127 cm³/mol. The van der Waals surface area contributed by atoms with Crippen molar-refractivity contribution in [1.29, 1.82) is 0 Å². The molecule has 1 fully saturated rings. The van der Waals surface area contributed by atoms with E-state index in [1.54, 1.807) is 6.07 Å². The molecule has 5 nitrogen and oxygen atoms in total. The number of amides is 1. The molecule has 7 heteroatoms. The number of halogens is 2. The highest BCUT2D eigenvalue weighted by molar-refractivity contribution is 6.42. The van der Waals surface area contributed by atoms with E-state index in [1.165, 1.54) is 0 Å². The van der Waals surface area contributed by atoms with Gasteiger partial charge in [0.05, 0.1) is 22.6 Å². The van der Waals surface area contributed by atoms with E-state index in [1.807, 2.05) is 48.4 Å². The summed E-state index contributed by atoms with van der Waals surface area (Å²) in [5, 5.41) is 2.04. The fraction of sp³-hybridized carbons (Fsp3) is 0.360. The fourth-order valence-corrected chi connectivity index (χ4v) is 4.75. The highest BCUT2D eigenvalue weighted by Gasteiger charge is 2.30. The highest BCUT2D eigenvalue weighted by Crippen LogP contribution is 2.36. The third-order valence-electron chi connectivity index (χ3n) is 6.19. The number of aromatic nitrogens is 1. The van der Waals surface area contributed by atoms with E-state index >= 15 is 0 Å². The Morgan fingerprint density at radius 3 is 2.59 bits per heavy atom. The van der Waals surface area contributed by atoms with Gasteiger partial charge in [0.1, 0.15) is 0 Å². The van der Waals surface area contributed by atoms with Crippen LogP contribution < -0.4 is 0 Å². The Morgan fingerprint density at radius 1 is 1.12 bits per heavy atom. The minimum atomic E-state index is -0.170. The van der Waals surface area contributed by atoms with Gasteiger partial charge in [-0.25, -0.2) is 0 Å². The number of piperidine rings is 1. The van der Waals surface area contributed by atoms with Crippen LogP contribution in [0.15, 0.2) is 48.7 Å². The highest BCUT2D eigenvalue weighted by atomic mass is 35.5. The van der Waals surface area contributed by atoms with Gasteiger partial charge in [0.15, 0.2) is 0 Å². The number of ether oxygens (including phenoxy) is 1. The Bertz CT molecular complexity index is 1120. The first kappa shape index (κ1) is 22.7. The van der Waals surface area contributed by atoms with E-state index in [2.05, 4.69) is 11.1 Å². The first-order valence-corrected chi connectivity index (χ1v) is 11.7. The lowest BCUT2D eigenvalue weighted by Gasteiger charge is -2.32. The number of para-hydroxylation sites is 1. The molecule has 1 N–H and O–H groups in total. The molecule has 0 spiro atoms. The van der Waals surface area contributed by atoms with E-state index in [-0.39, 0.29) is 23.7 Å². The molecule has 1 amide bonds. The second-order valence-corrected chi connectivity index (χ2v) is 8.94. The van der Waals surface area contributed by atoms with Crippen LogP contribution in [0.4, 0.5) is 0 Å². The van der Waals surface area contributed by atoms with Crippen LogP contribution in [0.25, 0.3) is 10.9 Å². The van der Waals surface area contributed by atoms with Gasteiger partial charge in [-0.3, -0.25) is 9.59 Å². The van der Waals surface area contributed by atoms with Gasteiger partial charge in [0, 0.05) is 42.5 Å². The maximum absolute atomic E-state index is 13.3. The number of rotatable bonds is 6. The maximum Gasteiger partial charge on any atom is 0.309 e. The molecule has 2 aromatic carbocycles. The molecule has 4 rings (SSSR count). The van der Waals surface area contributed by atoms with Crippen molar-refractivity contribution >= 4 is 46.0 Å². The zero-order chi connectivity index (χ0) is 22.7. The summed E-state index contributed by atoms with van der Waals surface area (Å²) in [4.78, 5) is 30.5. The SMILES string of the molecule is CCOC(=O)C1CCN(C(=O)CC(c2ccc(Cl)c(Cl)c2)c2c[nH]c3ccccc23)CC1. The smallest absolute Gasteiger partial charge is 0.309 e. The van der Waals surface area contributed by atoms with Crippen LogP contribution in [0.3, 0.4) is 0 Å². The quantitative estimate of drug-likeness (QED) is 0.461. The molecular formula is C25H26Cl2N2O3. The van der Waals surface area contributed by atoms with Crippen LogP contribution in [0.5, 0.6) is 0 Å². The largest absolute Gasteiger partial charge is 0.466 e. The van der Waals surface area contributed by atoms with E-state index in [0.717, 1.165) is 22.0 Å². The zero-order valence-electron chi connectivity index (χ0n) is 17.9. The minimum Gasteiger partial charge on any atom is -0.466 e. The number of H-pyrrole nitrogens is 1. The van der Waals surface area contributed by atoms with Crippen molar-refractivity contribution in [3.05, 3.63) is 69.8 Å². The summed E-state index contributed by atoms with van der Waals surface area (Å²) in [7, 11) is 0. The predicted octanol–water partition coefficient (Wildman–Crippen LogP) is 5.80. The third kappa shape index (κ3) is 4.79. The van der Waals surface area contributed by atoms with Crippen LogP contribution >= 0.6 is 23.2 Å². The Balaban J connectivity index is 1.57. The van der Waals surface area contributed by atoms with Gasteiger partial charge in [-0.1, -0.05) is 47.5 Å². The normalized spacial score (nSPS) is 15.7. The summed E-state index contributed by atoms with van der Waals surface area (Å²) >= 11 is 12.5. The average molecular weight is 473 g/mol. The van der Waals surface area contributed by atoms with Crippen LogP contribution in [-0.4, -0.2) is 41.5 Å². The molecule has 1 aliphatic heterocycles. The third-order valence-corrected chi connectivity index (χ3v) is 6.93. The molecule has 0 saturated carbocycles. The molecule has 0 radical (unpaired) electrons. The molecule has 168 valence electrons. The van der Waals surface area contributed by atoms with E-state index in [4.69, 9.17) is 27.9 Å². The molecule has 1 aromatic heterocycles. The van der Waals surface area contributed by atoms with Gasteiger partial charge in [-0.2, -0.15) is 0 Å². The second kappa shape index (κ2) is 9.97. The first-order valence-electron chi connectivity index (χ1n) is 10.9. The van der Waals surface area contributed by atoms with Crippen molar-refractivity contribution in [1.82, 2.24) is 9.88 Å². The lowest BCUT2D eigenvalue weighted by atomic mass is 9.87. The van der Waals surface area contributed by atoms with Crippen molar-refractivity contribution in [2.45, 2.75) is 32.1 Å². The van der Waals surface area contributed by atoms with Gasteiger partial charge >= 0.3 is 5.97 Å². The van der Waals surface area contributed by atoms with Crippen molar-refractivity contribution in [3.8, 4) is 0 Å². The molecule has 3 aromatic rings. The number of likely N-dealkylation sites (tertiary alicyclic amines) is 1. The Hall–Kier alpha value is -2.50. The van der Waals surface area contributed by atoms with E-state index < -0.39 is 0 Å². The second-order valence-electron chi connectivity index (χ2n) is 8.13. The maximum atomic E-state index is 13.3. The molecular weight excluding hydrogens is 447 g/mol. The Morgan fingerprint density at radius 2 is 1.88 bits per heavy atom. The fourth-order valence-electron chi connectivity index (χ4n) is 4.45. The monoisotopic (exact) mass is 472 g/mol. The van der Waals surface area contributed by atoms with Crippen molar-refractivity contribution in [2.75, 3.05) is 19.7 Å². The number of carbonyl (C=O) groups excluding carboxylic acids is 2. The first-order chi connectivity index (χ1) is 15.5. The minimum absolute atomic E-state index is 0.0636. The number of benzene rings is 2. The molecule has 1 unspecified atom stereocenters. The topological polar surface area (TPSA) is 62.4 Å². The number of aromatic amines is 1. The molecule has 32 heavy (non-hydrogen) atoms. The van der Waals surface area contributed by atoms with Crippen molar-refractivity contribution in [3.63, 3.8) is 0 Å². The Labute approximate surface area is 197 Å². The van der Waals surface area contributed by atoms with Crippen molar-refractivity contribution < 1.29 is 14.3 Å². The summed E-state index contributed by atoms with van der Waals surface area (Å²) in [5.41, 5.74) is 3.02. The lowest BCUT2D eigenvalue weighted by Crippen LogP contribution is -2.41. The van der Waals surface area contributed by atoms with Gasteiger partial charge < -0.3 is 14.6 Å². The molecule has 1 atom stereocenters. The van der Waals surface area contributed by atoms with Gasteiger partial charge in [0.25, 0.3) is 0 Å². The number of esters is 1. The molecule has 2 heterocycles. The van der Waals surface area contributed by atoms with Crippen molar-refractivity contribution in [2.24, 2.45) is 5.92 Å².